The van der Waals surface area contributed by atoms with Gasteiger partial charge in [0.2, 0.25) is 0 Å². The van der Waals surface area contributed by atoms with Gasteiger partial charge in [0.25, 0.3) is 0 Å². The van der Waals surface area contributed by atoms with Crippen LogP contribution in [0.3, 0.4) is 0 Å². The van der Waals surface area contributed by atoms with E-state index in [4.69, 9.17) is 0 Å². The molecule has 1 aliphatic heterocycles. The fourth-order valence-electron chi connectivity index (χ4n) is 3.63. The first-order chi connectivity index (χ1) is 13.6. The molecule has 4 N–H and O–H groups in total. The first-order valence-corrected chi connectivity index (χ1v) is 9.60. The molecule has 3 aromatic rings. The Hall–Kier alpha value is -3.11. The molecule has 0 aromatic heterocycles. The molecule has 28 heavy (non-hydrogen) atoms. The van der Waals surface area contributed by atoms with E-state index >= 15 is 0 Å². The lowest BCUT2D eigenvalue weighted by Crippen LogP contribution is -2.89. The number of benzene rings is 3. The number of hydrogen-bond donors (Lipinski definition) is 3. The minimum Gasteiger partial charge on any atom is -0.507 e. The lowest BCUT2D eigenvalue weighted by Gasteiger charge is -2.30. The van der Waals surface area contributed by atoms with Crippen LogP contribution in [0.15, 0.2) is 78.9 Å². The first-order valence-electron chi connectivity index (χ1n) is 9.60. The Labute approximate surface area is 164 Å². The van der Waals surface area contributed by atoms with E-state index in [1.165, 1.54) is 17.7 Å². The van der Waals surface area contributed by atoms with Crippen LogP contribution < -0.4 is 10.6 Å². The Morgan fingerprint density at radius 3 is 2.36 bits per heavy atom. The van der Waals surface area contributed by atoms with Crippen molar-refractivity contribution in [3.63, 3.8) is 0 Å². The number of aromatic hydroxyl groups is 1. The molecule has 1 aliphatic rings. The Morgan fingerprint density at radius 2 is 1.68 bits per heavy atom. The molecule has 2 atom stereocenters. The minimum atomic E-state index is -0.247. The van der Waals surface area contributed by atoms with Crippen LogP contribution in [0, 0.1) is 5.82 Å². The van der Waals surface area contributed by atoms with Crippen LogP contribution in [0.4, 0.5) is 4.39 Å². The molecule has 0 saturated heterocycles. The topological polar surface area (TPSA) is 48.9 Å². The summed E-state index contributed by atoms with van der Waals surface area (Å²) in [6, 6.07) is 22.4. The highest BCUT2D eigenvalue weighted by Gasteiger charge is 2.29. The van der Waals surface area contributed by atoms with Gasteiger partial charge >= 0.3 is 0 Å². The molecule has 2 unspecified atom stereocenters. The van der Waals surface area contributed by atoms with Gasteiger partial charge in [0.15, 0.2) is 6.17 Å². The average molecular weight is 375 g/mol. The number of phenols is 1. The van der Waals surface area contributed by atoms with Crippen molar-refractivity contribution in [2.45, 2.75) is 25.6 Å². The molecule has 1 heterocycles. The predicted molar refractivity (Wildman–Crippen MR) is 109 cm³/mol. The van der Waals surface area contributed by atoms with Gasteiger partial charge in [0.05, 0.1) is 5.56 Å². The van der Waals surface area contributed by atoms with Crippen molar-refractivity contribution >= 4 is 5.70 Å². The number of halogens is 1. The molecule has 0 saturated carbocycles. The van der Waals surface area contributed by atoms with Gasteiger partial charge in [-0.05, 0) is 53.9 Å². The van der Waals surface area contributed by atoms with E-state index < -0.39 is 0 Å². The molecule has 4 rings (SSSR count). The van der Waals surface area contributed by atoms with Crippen molar-refractivity contribution in [2.75, 3.05) is 0 Å². The zero-order valence-corrected chi connectivity index (χ0v) is 15.8. The number of rotatable bonds is 4. The van der Waals surface area contributed by atoms with Crippen LogP contribution in [-0.4, -0.2) is 5.11 Å². The Bertz CT molecular complexity index is 980. The van der Waals surface area contributed by atoms with E-state index in [1.807, 2.05) is 18.2 Å². The summed E-state index contributed by atoms with van der Waals surface area (Å²) in [5.41, 5.74) is 5.24. The molecule has 3 nitrogen and oxygen atoms in total. The summed E-state index contributed by atoms with van der Waals surface area (Å²) < 4.78 is 13.4. The lowest BCUT2D eigenvalue weighted by atomic mass is 9.97. The molecule has 0 aliphatic carbocycles. The van der Waals surface area contributed by atoms with Gasteiger partial charge in [-0.15, -0.1) is 0 Å². The van der Waals surface area contributed by atoms with E-state index in [2.05, 4.69) is 47.9 Å². The standard InChI is InChI=1S/C24H23FN2O/c1-2-16-7-9-17(10-8-16)21-15-22(20-5-3-4-6-23(20)28)27-24(26-21)18-11-13-19(25)14-12-18/h3-15,22,24,26-28H,2H2,1H3/p+1. The molecular weight excluding hydrogens is 351 g/mol. The van der Waals surface area contributed by atoms with Gasteiger partial charge in [-0.3, -0.25) is 0 Å². The summed E-state index contributed by atoms with van der Waals surface area (Å²) in [6.45, 7) is 2.14. The van der Waals surface area contributed by atoms with Gasteiger partial charge in [-0.2, -0.15) is 0 Å². The maximum absolute atomic E-state index is 13.4. The fourth-order valence-corrected chi connectivity index (χ4v) is 3.63. The molecule has 0 radical (unpaired) electrons. The Morgan fingerprint density at radius 1 is 0.964 bits per heavy atom. The number of aryl methyl sites for hydroxylation is 1. The summed E-state index contributed by atoms with van der Waals surface area (Å²) in [5.74, 6) is 0.0307. The van der Waals surface area contributed by atoms with Crippen molar-refractivity contribution < 1.29 is 14.8 Å². The quantitative estimate of drug-likeness (QED) is 0.645. The van der Waals surface area contributed by atoms with Gasteiger partial charge in [0, 0.05) is 17.3 Å². The SMILES string of the molecule is CCc1ccc(C2=CC(c3ccccc3O)[NH2+]C(c3ccc(F)cc3)N2)cc1. The Kier molecular flexibility index (Phi) is 5.13. The number of nitrogens with two attached hydrogens (primary N) is 1. The van der Waals surface area contributed by atoms with Crippen molar-refractivity contribution in [2.24, 2.45) is 0 Å². The predicted octanol–water partition coefficient (Wildman–Crippen LogP) is 4.04. The van der Waals surface area contributed by atoms with E-state index in [-0.39, 0.29) is 23.8 Å². The molecular formula is C24H24FN2O+. The van der Waals surface area contributed by atoms with Gasteiger partial charge in [0.1, 0.15) is 17.6 Å². The maximum Gasteiger partial charge on any atom is 0.186 e. The van der Waals surface area contributed by atoms with Crippen LogP contribution in [0.2, 0.25) is 0 Å². The molecule has 0 amide bonds. The second-order valence-electron chi connectivity index (χ2n) is 7.08. The largest absolute Gasteiger partial charge is 0.507 e. The highest BCUT2D eigenvalue weighted by atomic mass is 19.1. The maximum atomic E-state index is 13.4. The number of para-hydroxylation sites is 1. The van der Waals surface area contributed by atoms with Crippen molar-refractivity contribution in [3.8, 4) is 5.75 Å². The zero-order chi connectivity index (χ0) is 19.5. The highest BCUT2D eigenvalue weighted by molar-refractivity contribution is 5.66. The van der Waals surface area contributed by atoms with Crippen molar-refractivity contribution in [1.82, 2.24) is 5.32 Å². The van der Waals surface area contributed by atoms with Gasteiger partial charge in [-0.25, -0.2) is 4.39 Å². The van der Waals surface area contributed by atoms with E-state index in [9.17, 15) is 9.50 Å². The third kappa shape index (κ3) is 3.78. The summed E-state index contributed by atoms with van der Waals surface area (Å²) in [5, 5.41) is 16.1. The summed E-state index contributed by atoms with van der Waals surface area (Å²) in [6.07, 6.45) is 3.05. The van der Waals surface area contributed by atoms with Crippen molar-refractivity contribution in [3.05, 3.63) is 107 Å². The molecule has 4 heteroatoms. The van der Waals surface area contributed by atoms with E-state index in [1.54, 1.807) is 18.2 Å². The molecule has 0 spiro atoms. The third-order valence-electron chi connectivity index (χ3n) is 5.26. The van der Waals surface area contributed by atoms with E-state index in [0.717, 1.165) is 28.8 Å². The average Bonchev–Trinajstić information content (AvgIpc) is 2.74. The Balaban J connectivity index is 1.73. The van der Waals surface area contributed by atoms with Crippen LogP contribution in [-0.2, 0) is 6.42 Å². The second-order valence-corrected chi connectivity index (χ2v) is 7.08. The highest BCUT2D eigenvalue weighted by Crippen LogP contribution is 2.29. The number of phenolic OH excluding ortho intramolecular Hbond substituents is 1. The van der Waals surface area contributed by atoms with E-state index in [0.29, 0.717) is 0 Å². The fraction of sp³-hybridized carbons (Fsp3) is 0.167. The monoisotopic (exact) mass is 375 g/mol. The number of hydrogen-bond acceptors (Lipinski definition) is 2. The molecule has 142 valence electrons. The smallest absolute Gasteiger partial charge is 0.186 e. The normalized spacial score (nSPS) is 19.0. The molecule has 0 fully saturated rings. The van der Waals surface area contributed by atoms with Crippen molar-refractivity contribution in [1.29, 1.82) is 0 Å². The number of quaternary nitrogens is 1. The van der Waals surface area contributed by atoms with Crippen LogP contribution in [0.25, 0.3) is 5.70 Å². The van der Waals surface area contributed by atoms with Crippen LogP contribution >= 0.6 is 0 Å². The third-order valence-corrected chi connectivity index (χ3v) is 5.26. The number of nitrogens with one attached hydrogen (secondary N) is 1. The summed E-state index contributed by atoms with van der Waals surface area (Å²) in [7, 11) is 0. The van der Waals surface area contributed by atoms with Crippen LogP contribution in [0.5, 0.6) is 5.75 Å². The minimum absolute atomic E-state index is 0.0571. The first kappa shape index (κ1) is 18.3. The molecule has 0 bridgehead atoms. The summed E-state index contributed by atoms with van der Waals surface area (Å²) >= 11 is 0. The zero-order valence-electron chi connectivity index (χ0n) is 15.8. The second kappa shape index (κ2) is 7.87. The summed E-state index contributed by atoms with van der Waals surface area (Å²) in [4.78, 5) is 0. The van der Waals surface area contributed by atoms with Gasteiger partial charge in [-0.1, -0.05) is 43.3 Å². The van der Waals surface area contributed by atoms with Crippen LogP contribution in [0.1, 0.15) is 41.4 Å². The lowest BCUT2D eigenvalue weighted by molar-refractivity contribution is -0.731. The molecule has 3 aromatic carbocycles. The van der Waals surface area contributed by atoms with Gasteiger partial charge < -0.3 is 15.7 Å².